The van der Waals surface area contributed by atoms with Crippen molar-refractivity contribution in [3.05, 3.63) is 47.6 Å². The topological polar surface area (TPSA) is 17.1 Å². The van der Waals surface area contributed by atoms with E-state index in [4.69, 9.17) is 0 Å². The van der Waals surface area contributed by atoms with Crippen molar-refractivity contribution in [1.82, 2.24) is 0 Å². The van der Waals surface area contributed by atoms with Crippen molar-refractivity contribution in [3.63, 3.8) is 0 Å². The van der Waals surface area contributed by atoms with Crippen LogP contribution in [-0.4, -0.2) is 5.78 Å². The largest absolute Gasteiger partial charge is 0.295 e. The van der Waals surface area contributed by atoms with Gasteiger partial charge >= 0.3 is 0 Å². The molecule has 1 rings (SSSR count). The lowest BCUT2D eigenvalue weighted by molar-refractivity contribution is -0.112. The monoisotopic (exact) mass is 258 g/mol. The van der Waals surface area contributed by atoms with Crippen LogP contribution in [0.1, 0.15) is 47.5 Å². The van der Waals surface area contributed by atoms with E-state index in [0.29, 0.717) is 11.3 Å². The SMILES string of the molecule is CC(=O)/C=C/C=C(C)/C=C/[C@H]1C(C)=CCCC1(C)C. The lowest BCUT2D eigenvalue weighted by Crippen LogP contribution is -2.26. The molecule has 1 nitrogen and oxygen atoms in total. The first kappa shape index (κ1) is 15.7. The van der Waals surface area contributed by atoms with Gasteiger partial charge in [-0.3, -0.25) is 4.79 Å². The fourth-order valence-electron chi connectivity index (χ4n) is 2.62. The molecule has 0 radical (unpaired) electrons. The van der Waals surface area contributed by atoms with Crippen LogP contribution in [0.5, 0.6) is 0 Å². The summed E-state index contributed by atoms with van der Waals surface area (Å²) in [5.41, 5.74) is 2.98. The normalized spacial score (nSPS) is 23.9. The average Bonchev–Trinajstić information content (AvgIpc) is 2.26. The summed E-state index contributed by atoms with van der Waals surface area (Å²) in [5.74, 6) is 0.599. The first-order valence-corrected chi connectivity index (χ1v) is 7.03. The van der Waals surface area contributed by atoms with Gasteiger partial charge < -0.3 is 0 Å². The van der Waals surface area contributed by atoms with Gasteiger partial charge in [0.15, 0.2) is 5.78 Å². The highest BCUT2D eigenvalue weighted by molar-refractivity contribution is 5.87. The summed E-state index contributed by atoms with van der Waals surface area (Å²) in [5, 5.41) is 0. The Bertz CT molecular complexity index is 444. The molecule has 0 aromatic carbocycles. The maximum Gasteiger partial charge on any atom is 0.152 e. The molecule has 0 aromatic rings. The van der Waals surface area contributed by atoms with Crippen molar-refractivity contribution in [2.75, 3.05) is 0 Å². The smallest absolute Gasteiger partial charge is 0.152 e. The molecule has 19 heavy (non-hydrogen) atoms. The zero-order valence-corrected chi connectivity index (χ0v) is 12.9. The molecule has 1 aliphatic carbocycles. The molecule has 0 bridgehead atoms. The van der Waals surface area contributed by atoms with Gasteiger partial charge in [-0.2, -0.15) is 0 Å². The molecule has 0 saturated carbocycles. The molecule has 0 spiro atoms. The third kappa shape index (κ3) is 5.02. The summed E-state index contributed by atoms with van der Waals surface area (Å²) >= 11 is 0. The lowest BCUT2D eigenvalue weighted by Gasteiger charge is -2.36. The Kier molecular flexibility index (Phi) is 5.53. The molecule has 0 aliphatic heterocycles. The van der Waals surface area contributed by atoms with Crippen LogP contribution in [0.25, 0.3) is 0 Å². The van der Waals surface area contributed by atoms with Crippen molar-refractivity contribution in [1.29, 1.82) is 0 Å². The quantitative estimate of drug-likeness (QED) is 0.393. The van der Waals surface area contributed by atoms with E-state index in [0.717, 1.165) is 0 Å². The third-order valence-corrected chi connectivity index (χ3v) is 3.83. The van der Waals surface area contributed by atoms with E-state index in [1.807, 2.05) is 12.2 Å². The highest BCUT2D eigenvalue weighted by atomic mass is 16.1. The van der Waals surface area contributed by atoms with Gasteiger partial charge in [-0.15, -0.1) is 0 Å². The second-order valence-electron chi connectivity index (χ2n) is 6.19. The van der Waals surface area contributed by atoms with Crippen molar-refractivity contribution < 1.29 is 4.79 Å². The molecule has 0 N–H and O–H groups in total. The van der Waals surface area contributed by atoms with Gasteiger partial charge in [-0.1, -0.05) is 55.4 Å². The predicted octanol–water partition coefficient (Wildman–Crippen LogP) is 5.02. The van der Waals surface area contributed by atoms with Crippen molar-refractivity contribution >= 4 is 5.78 Å². The van der Waals surface area contributed by atoms with E-state index in [9.17, 15) is 4.79 Å². The lowest BCUT2D eigenvalue weighted by atomic mass is 9.68. The molecule has 104 valence electrons. The molecule has 1 atom stereocenters. The summed E-state index contributed by atoms with van der Waals surface area (Å²) in [4.78, 5) is 10.8. The minimum Gasteiger partial charge on any atom is -0.295 e. The Labute approximate surface area is 117 Å². The summed E-state index contributed by atoms with van der Waals surface area (Å²) in [6.07, 6.45) is 14.6. The first-order chi connectivity index (χ1) is 8.83. The van der Waals surface area contributed by atoms with Crippen LogP contribution in [0.2, 0.25) is 0 Å². The number of hydrogen-bond acceptors (Lipinski definition) is 1. The van der Waals surface area contributed by atoms with E-state index in [2.05, 4.69) is 45.9 Å². The molecular weight excluding hydrogens is 232 g/mol. The van der Waals surface area contributed by atoms with Crippen LogP contribution in [0, 0.1) is 11.3 Å². The Hall–Kier alpha value is -1.37. The van der Waals surface area contributed by atoms with Crippen molar-refractivity contribution in [2.24, 2.45) is 11.3 Å². The molecule has 0 fully saturated rings. The van der Waals surface area contributed by atoms with Gasteiger partial charge in [-0.25, -0.2) is 0 Å². The highest BCUT2D eigenvalue weighted by Gasteiger charge is 2.30. The van der Waals surface area contributed by atoms with Crippen LogP contribution in [0.3, 0.4) is 0 Å². The fraction of sp³-hybridized carbons (Fsp3) is 0.500. The van der Waals surface area contributed by atoms with Crippen LogP contribution in [-0.2, 0) is 4.79 Å². The fourth-order valence-corrected chi connectivity index (χ4v) is 2.62. The van der Waals surface area contributed by atoms with Crippen LogP contribution in [0.4, 0.5) is 0 Å². The Morgan fingerprint density at radius 3 is 2.58 bits per heavy atom. The van der Waals surface area contributed by atoms with Gasteiger partial charge in [-0.05, 0) is 45.1 Å². The van der Waals surface area contributed by atoms with E-state index in [1.165, 1.54) is 24.0 Å². The van der Waals surface area contributed by atoms with Gasteiger partial charge in [0.1, 0.15) is 0 Å². The van der Waals surface area contributed by atoms with Crippen LogP contribution >= 0.6 is 0 Å². The van der Waals surface area contributed by atoms with Crippen molar-refractivity contribution in [2.45, 2.75) is 47.5 Å². The van der Waals surface area contributed by atoms with Crippen LogP contribution < -0.4 is 0 Å². The van der Waals surface area contributed by atoms with Crippen molar-refractivity contribution in [3.8, 4) is 0 Å². The number of ketones is 1. The zero-order valence-electron chi connectivity index (χ0n) is 12.9. The molecule has 0 amide bonds. The predicted molar refractivity (Wildman–Crippen MR) is 83.0 cm³/mol. The Morgan fingerprint density at radius 2 is 2.00 bits per heavy atom. The molecule has 1 aliphatic rings. The van der Waals surface area contributed by atoms with Crippen LogP contribution in [0.15, 0.2) is 47.6 Å². The molecular formula is C18H26O. The van der Waals surface area contributed by atoms with E-state index in [-0.39, 0.29) is 5.78 Å². The van der Waals surface area contributed by atoms with Gasteiger partial charge in [0.05, 0.1) is 0 Å². The minimum atomic E-state index is 0.0835. The van der Waals surface area contributed by atoms with Gasteiger partial charge in [0.2, 0.25) is 0 Å². The summed E-state index contributed by atoms with van der Waals surface area (Å²) in [7, 11) is 0. The molecule has 0 saturated heterocycles. The van der Waals surface area contributed by atoms with E-state index >= 15 is 0 Å². The third-order valence-electron chi connectivity index (χ3n) is 3.83. The summed E-state index contributed by atoms with van der Waals surface area (Å²) in [6.45, 7) is 10.5. The number of rotatable bonds is 4. The Morgan fingerprint density at radius 1 is 1.32 bits per heavy atom. The Balaban J connectivity index is 2.77. The van der Waals surface area contributed by atoms with Gasteiger partial charge in [0.25, 0.3) is 0 Å². The maximum atomic E-state index is 10.8. The molecule has 1 heteroatoms. The second-order valence-corrected chi connectivity index (χ2v) is 6.19. The zero-order chi connectivity index (χ0) is 14.5. The standard InChI is InChI=1S/C18H26O/c1-14(8-6-10-16(3)19)11-12-17-15(2)9-7-13-18(17,4)5/h6,8-12,17H,7,13H2,1-5H3/b10-6+,12-11+,14-8+/t17-/m0/s1. The van der Waals surface area contributed by atoms with E-state index < -0.39 is 0 Å². The molecule has 0 unspecified atom stereocenters. The second kappa shape index (κ2) is 6.70. The number of allylic oxidation sites excluding steroid dienone is 8. The summed E-state index contributed by atoms with van der Waals surface area (Å²) in [6, 6.07) is 0. The number of carbonyl (C=O) groups is 1. The molecule has 0 aromatic heterocycles. The maximum absolute atomic E-state index is 10.8. The average molecular weight is 258 g/mol. The van der Waals surface area contributed by atoms with Gasteiger partial charge in [0, 0.05) is 5.92 Å². The molecule has 0 heterocycles. The van der Waals surface area contributed by atoms with E-state index in [1.54, 1.807) is 13.0 Å². The number of carbonyl (C=O) groups excluding carboxylic acids is 1. The number of hydrogen-bond donors (Lipinski definition) is 0. The highest BCUT2D eigenvalue weighted by Crippen LogP contribution is 2.41. The summed E-state index contributed by atoms with van der Waals surface area (Å²) < 4.78 is 0. The first-order valence-electron chi connectivity index (χ1n) is 7.03. The minimum absolute atomic E-state index is 0.0835.